The molecular weight excluding hydrogens is 310 g/mol. The smallest absolute Gasteiger partial charge is 0.210 e. The number of nitriles is 1. The van der Waals surface area contributed by atoms with E-state index in [0.29, 0.717) is 23.3 Å². The molecule has 3 aromatic rings. The summed E-state index contributed by atoms with van der Waals surface area (Å²) in [6.07, 6.45) is 0. The van der Waals surface area contributed by atoms with E-state index in [0.717, 1.165) is 16.6 Å². The normalized spacial score (nSPS) is 16.6. The molecule has 0 saturated carbocycles. The zero-order chi connectivity index (χ0) is 17.6. The second kappa shape index (κ2) is 5.67. The number of nitrogens with two attached hydrogens (primary N) is 1. The average Bonchev–Trinajstić information content (AvgIpc) is 2.98. The molecule has 0 saturated heterocycles. The summed E-state index contributed by atoms with van der Waals surface area (Å²) in [6, 6.07) is 18.3. The van der Waals surface area contributed by atoms with Crippen molar-refractivity contribution in [1.82, 2.24) is 9.55 Å². The van der Waals surface area contributed by atoms with Gasteiger partial charge in [-0.2, -0.15) is 5.26 Å². The van der Waals surface area contributed by atoms with Crippen molar-refractivity contribution in [2.24, 2.45) is 5.73 Å². The molecule has 5 heteroatoms. The minimum atomic E-state index is -0.283. The highest BCUT2D eigenvalue weighted by molar-refractivity contribution is 5.80. The number of hydrogen-bond donors (Lipinski definition) is 2. The first-order chi connectivity index (χ1) is 12.1. The molecule has 5 nitrogen and oxygen atoms in total. The fourth-order valence-corrected chi connectivity index (χ4v) is 3.36. The van der Waals surface area contributed by atoms with Gasteiger partial charge in [0.1, 0.15) is 17.9 Å². The summed E-state index contributed by atoms with van der Waals surface area (Å²) in [6.45, 7) is 4.33. The third-order valence-corrected chi connectivity index (χ3v) is 4.70. The minimum Gasteiger partial charge on any atom is -0.384 e. The van der Waals surface area contributed by atoms with Gasteiger partial charge in [-0.05, 0) is 29.2 Å². The maximum Gasteiger partial charge on any atom is 0.210 e. The number of allylic oxidation sites excluding steroid dienone is 1. The highest BCUT2D eigenvalue weighted by Crippen LogP contribution is 2.37. The van der Waals surface area contributed by atoms with Crippen LogP contribution in [0.15, 0.2) is 59.9 Å². The van der Waals surface area contributed by atoms with E-state index in [1.807, 2.05) is 24.3 Å². The molecule has 4 rings (SSSR count). The van der Waals surface area contributed by atoms with Crippen LogP contribution in [0.3, 0.4) is 0 Å². The second-order valence-corrected chi connectivity index (χ2v) is 6.58. The number of fused-ring (bicyclic) bond motifs is 3. The second-order valence-electron chi connectivity index (χ2n) is 6.58. The molecule has 1 aliphatic rings. The molecule has 1 aromatic heterocycles. The third kappa shape index (κ3) is 2.34. The lowest BCUT2D eigenvalue weighted by atomic mass is 9.94. The maximum absolute atomic E-state index is 9.71. The minimum absolute atomic E-state index is 0.283. The molecule has 0 spiro atoms. The Morgan fingerprint density at radius 2 is 1.88 bits per heavy atom. The van der Waals surface area contributed by atoms with E-state index in [-0.39, 0.29) is 6.04 Å². The Bertz CT molecular complexity index is 1020. The van der Waals surface area contributed by atoms with Gasteiger partial charge in [0.25, 0.3) is 0 Å². The van der Waals surface area contributed by atoms with Crippen LogP contribution in [0.25, 0.3) is 11.0 Å². The lowest BCUT2D eigenvalue weighted by molar-refractivity contribution is 0.679. The number of rotatable bonds is 2. The molecule has 0 aliphatic carbocycles. The fourth-order valence-electron chi connectivity index (χ4n) is 3.36. The van der Waals surface area contributed by atoms with Gasteiger partial charge in [0.2, 0.25) is 5.95 Å². The zero-order valence-electron chi connectivity index (χ0n) is 14.2. The van der Waals surface area contributed by atoms with Gasteiger partial charge in [-0.15, -0.1) is 0 Å². The third-order valence-electron chi connectivity index (χ3n) is 4.70. The standard InChI is InChI=1S/C20H19N5/c1-12(2)13-7-9-14(10-8-13)18-15(11-21)19(22)24-20-23-16-5-3-4-6-17(16)25(18)20/h3-10,12,18H,22H2,1-2H3,(H,23,24). The van der Waals surface area contributed by atoms with Gasteiger partial charge in [0, 0.05) is 0 Å². The summed E-state index contributed by atoms with van der Waals surface area (Å²) in [4.78, 5) is 4.62. The van der Waals surface area contributed by atoms with Gasteiger partial charge in [0.15, 0.2) is 0 Å². The Labute approximate surface area is 146 Å². The van der Waals surface area contributed by atoms with Crippen LogP contribution in [-0.2, 0) is 0 Å². The highest BCUT2D eigenvalue weighted by atomic mass is 15.3. The summed E-state index contributed by atoms with van der Waals surface area (Å²) in [7, 11) is 0. The number of hydrogen-bond acceptors (Lipinski definition) is 4. The van der Waals surface area contributed by atoms with E-state index in [9.17, 15) is 5.26 Å². The summed E-state index contributed by atoms with van der Waals surface area (Å²) in [5.74, 6) is 1.49. The van der Waals surface area contributed by atoms with Gasteiger partial charge in [-0.25, -0.2) is 4.98 Å². The quantitative estimate of drug-likeness (QED) is 0.748. The summed E-state index contributed by atoms with van der Waals surface area (Å²) in [5.41, 5.74) is 10.8. The molecule has 124 valence electrons. The van der Waals surface area contributed by atoms with Gasteiger partial charge < -0.3 is 11.1 Å². The van der Waals surface area contributed by atoms with E-state index in [1.54, 1.807) is 0 Å². The molecule has 2 aromatic carbocycles. The number of aromatic nitrogens is 2. The molecule has 1 aliphatic heterocycles. The van der Waals surface area contributed by atoms with E-state index in [4.69, 9.17) is 5.73 Å². The Morgan fingerprint density at radius 3 is 2.56 bits per heavy atom. The van der Waals surface area contributed by atoms with Crippen LogP contribution >= 0.6 is 0 Å². The first-order valence-corrected chi connectivity index (χ1v) is 8.33. The van der Waals surface area contributed by atoms with Gasteiger partial charge in [-0.3, -0.25) is 4.57 Å². The predicted molar refractivity (Wildman–Crippen MR) is 98.9 cm³/mol. The van der Waals surface area contributed by atoms with Crippen molar-refractivity contribution in [3.8, 4) is 6.07 Å². The number of para-hydroxylation sites is 2. The average molecular weight is 329 g/mol. The lowest BCUT2D eigenvalue weighted by Crippen LogP contribution is -2.27. The summed E-state index contributed by atoms with van der Waals surface area (Å²) in [5, 5.41) is 12.8. The van der Waals surface area contributed by atoms with Crippen molar-refractivity contribution < 1.29 is 0 Å². The fraction of sp³-hybridized carbons (Fsp3) is 0.200. The van der Waals surface area contributed by atoms with Gasteiger partial charge in [-0.1, -0.05) is 50.2 Å². The van der Waals surface area contributed by atoms with Gasteiger partial charge in [0.05, 0.1) is 16.6 Å². The van der Waals surface area contributed by atoms with Crippen molar-refractivity contribution in [2.75, 3.05) is 5.32 Å². The summed E-state index contributed by atoms with van der Waals surface area (Å²) < 4.78 is 2.05. The van der Waals surface area contributed by atoms with Crippen molar-refractivity contribution in [2.45, 2.75) is 25.8 Å². The van der Waals surface area contributed by atoms with Crippen LogP contribution < -0.4 is 11.1 Å². The Morgan fingerprint density at radius 1 is 1.16 bits per heavy atom. The van der Waals surface area contributed by atoms with Crippen molar-refractivity contribution in [3.63, 3.8) is 0 Å². The molecule has 0 amide bonds. The topological polar surface area (TPSA) is 79.7 Å². The largest absolute Gasteiger partial charge is 0.384 e. The van der Waals surface area contributed by atoms with Crippen molar-refractivity contribution in [1.29, 1.82) is 5.26 Å². The maximum atomic E-state index is 9.71. The SMILES string of the molecule is CC(C)c1ccc(C2C(C#N)=C(N)Nc3nc4ccccc4n32)cc1. The Hall–Kier alpha value is -3.26. The van der Waals surface area contributed by atoms with Crippen LogP contribution in [0.4, 0.5) is 5.95 Å². The molecule has 0 bridgehead atoms. The van der Waals surface area contributed by atoms with E-state index >= 15 is 0 Å². The van der Waals surface area contributed by atoms with Crippen molar-refractivity contribution in [3.05, 3.63) is 71.1 Å². The van der Waals surface area contributed by atoms with Gasteiger partial charge >= 0.3 is 0 Å². The predicted octanol–water partition coefficient (Wildman–Crippen LogP) is 3.87. The highest BCUT2D eigenvalue weighted by Gasteiger charge is 2.30. The molecule has 3 N–H and O–H groups in total. The molecule has 1 unspecified atom stereocenters. The number of imidazole rings is 1. The Kier molecular flexibility index (Phi) is 3.47. The van der Waals surface area contributed by atoms with E-state index < -0.39 is 0 Å². The first-order valence-electron chi connectivity index (χ1n) is 8.33. The lowest BCUT2D eigenvalue weighted by Gasteiger charge is -2.27. The molecule has 25 heavy (non-hydrogen) atoms. The number of anilines is 1. The zero-order valence-corrected chi connectivity index (χ0v) is 14.2. The molecule has 0 radical (unpaired) electrons. The molecular formula is C20H19N5. The van der Waals surface area contributed by atoms with Crippen LogP contribution in [-0.4, -0.2) is 9.55 Å². The van der Waals surface area contributed by atoms with Crippen LogP contribution in [0.5, 0.6) is 0 Å². The number of nitrogens with one attached hydrogen (secondary N) is 1. The van der Waals surface area contributed by atoms with Crippen LogP contribution in [0.2, 0.25) is 0 Å². The van der Waals surface area contributed by atoms with Crippen LogP contribution in [0.1, 0.15) is 36.9 Å². The number of benzene rings is 2. The van der Waals surface area contributed by atoms with Crippen molar-refractivity contribution >= 4 is 17.0 Å². The molecule has 1 atom stereocenters. The number of nitrogens with zero attached hydrogens (tertiary/aromatic N) is 3. The van der Waals surface area contributed by atoms with E-state index in [2.05, 4.69) is 59.1 Å². The molecule has 0 fully saturated rings. The monoisotopic (exact) mass is 329 g/mol. The first kappa shape index (κ1) is 15.3. The Balaban J connectivity index is 1.94. The van der Waals surface area contributed by atoms with Crippen LogP contribution in [0, 0.1) is 11.3 Å². The summed E-state index contributed by atoms with van der Waals surface area (Å²) >= 11 is 0. The molecule has 2 heterocycles. The van der Waals surface area contributed by atoms with E-state index in [1.165, 1.54) is 5.56 Å².